The van der Waals surface area contributed by atoms with Crippen LogP contribution in [-0.4, -0.2) is 10.2 Å². The first-order chi connectivity index (χ1) is 6.79. The molecule has 2 aromatic carbocycles. The van der Waals surface area contributed by atoms with Gasteiger partial charge < -0.3 is 10.2 Å². The van der Waals surface area contributed by atoms with Crippen molar-refractivity contribution in [3.05, 3.63) is 60.7 Å². The van der Waals surface area contributed by atoms with Gasteiger partial charge in [-0.2, -0.15) is 0 Å². The molecule has 2 nitrogen and oxygen atoms in total. The van der Waals surface area contributed by atoms with Gasteiger partial charge in [0.15, 0.2) is 0 Å². The first-order valence-electron chi connectivity index (χ1n) is 4.27. The first-order valence-corrected chi connectivity index (χ1v) is 4.27. The summed E-state index contributed by atoms with van der Waals surface area (Å²) >= 11 is 0. The topological polar surface area (TPSA) is 40.5 Å². The fourth-order valence-electron chi connectivity index (χ4n) is 0.856. The summed E-state index contributed by atoms with van der Waals surface area (Å²) in [7, 11) is 0. The second kappa shape index (κ2) is 7.98. The van der Waals surface area contributed by atoms with E-state index in [1.807, 2.05) is 12.1 Å². The minimum absolute atomic E-state index is 0. The molecule has 0 saturated heterocycles. The summed E-state index contributed by atoms with van der Waals surface area (Å²) < 4.78 is 0. The molecule has 0 saturated carbocycles. The molecule has 0 aliphatic carbocycles. The average Bonchev–Trinajstić information content (AvgIpc) is 2.21. The Morgan fingerprint density at radius 3 is 0.933 bits per heavy atom. The molecule has 0 fully saturated rings. The molecule has 0 bridgehead atoms. The minimum atomic E-state index is 0. The molecule has 77 valence electrons. The van der Waals surface area contributed by atoms with Crippen LogP contribution in [0.25, 0.3) is 0 Å². The van der Waals surface area contributed by atoms with Crippen LogP contribution < -0.4 is 0 Å². The van der Waals surface area contributed by atoms with Crippen LogP contribution in [0.3, 0.4) is 0 Å². The summed E-state index contributed by atoms with van der Waals surface area (Å²) in [5, 5.41) is 17.3. The molecule has 3 heteroatoms. The zero-order valence-electron chi connectivity index (χ0n) is 8.12. The average molecular weight is 239 g/mol. The Morgan fingerprint density at radius 1 is 0.533 bits per heavy atom. The van der Waals surface area contributed by atoms with Crippen molar-refractivity contribution in [3.8, 4) is 11.5 Å². The van der Waals surface area contributed by atoms with Crippen LogP contribution in [0.2, 0.25) is 0 Å². The Bertz CT molecular complexity index is 311. The third-order valence-corrected chi connectivity index (χ3v) is 1.51. The number of hydrogen-bond acceptors (Lipinski definition) is 2. The zero-order valence-corrected chi connectivity index (χ0v) is 9.51. The Balaban J connectivity index is 0.000000245. The van der Waals surface area contributed by atoms with E-state index >= 15 is 0 Å². The SMILES string of the molecule is Oc1ccccc1.Oc1ccccc1.[V]. The molecular weight excluding hydrogens is 227 g/mol. The smallest absolute Gasteiger partial charge is 0.115 e. The standard InChI is InChI=1S/2C6H6O.V/c2*7-6-4-2-1-3-5-6;/h2*1-5,7H;. The predicted octanol–water partition coefficient (Wildman–Crippen LogP) is 2.78. The van der Waals surface area contributed by atoms with E-state index in [1.54, 1.807) is 48.5 Å². The number of rotatable bonds is 0. The summed E-state index contributed by atoms with van der Waals surface area (Å²) in [5.74, 6) is 0.644. The fraction of sp³-hybridized carbons (Fsp3) is 0. The molecule has 0 unspecified atom stereocenters. The van der Waals surface area contributed by atoms with Crippen LogP contribution in [0.1, 0.15) is 0 Å². The number of hydrogen-bond donors (Lipinski definition) is 2. The van der Waals surface area contributed by atoms with Gasteiger partial charge in [-0.25, -0.2) is 0 Å². The van der Waals surface area contributed by atoms with Gasteiger partial charge in [0.05, 0.1) is 0 Å². The number of phenols is 2. The first kappa shape index (κ1) is 13.6. The van der Waals surface area contributed by atoms with Gasteiger partial charge in [-0.3, -0.25) is 0 Å². The molecule has 2 aromatic rings. The van der Waals surface area contributed by atoms with E-state index in [2.05, 4.69) is 0 Å². The van der Waals surface area contributed by atoms with Gasteiger partial charge in [-0.1, -0.05) is 36.4 Å². The van der Waals surface area contributed by atoms with Gasteiger partial charge >= 0.3 is 0 Å². The van der Waals surface area contributed by atoms with E-state index in [-0.39, 0.29) is 18.6 Å². The number of phenolic OH excluding ortho intramolecular Hbond substituents is 2. The molecule has 0 aromatic heterocycles. The molecule has 2 rings (SSSR count). The molecule has 1 radical (unpaired) electrons. The zero-order chi connectivity index (χ0) is 10.2. The summed E-state index contributed by atoms with van der Waals surface area (Å²) in [6.45, 7) is 0. The largest absolute Gasteiger partial charge is 0.508 e. The van der Waals surface area contributed by atoms with E-state index in [0.29, 0.717) is 11.5 Å². The molecule has 0 amide bonds. The van der Waals surface area contributed by atoms with E-state index in [9.17, 15) is 0 Å². The molecular formula is C12H12O2V. The van der Waals surface area contributed by atoms with Crippen LogP contribution >= 0.6 is 0 Å². The van der Waals surface area contributed by atoms with Crippen molar-refractivity contribution < 1.29 is 28.8 Å². The molecule has 0 spiro atoms. The number of para-hydroxylation sites is 2. The van der Waals surface area contributed by atoms with Crippen LogP contribution in [0.15, 0.2) is 60.7 Å². The summed E-state index contributed by atoms with van der Waals surface area (Å²) in [5.41, 5.74) is 0. The third-order valence-electron chi connectivity index (χ3n) is 1.51. The maximum absolute atomic E-state index is 8.63. The summed E-state index contributed by atoms with van der Waals surface area (Å²) in [6.07, 6.45) is 0. The van der Waals surface area contributed by atoms with Gasteiger partial charge in [-0.05, 0) is 24.3 Å². The fourth-order valence-corrected chi connectivity index (χ4v) is 0.856. The van der Waals surface area contributed by atoms with Crippen LogP contribution in [0.5, 0.6) is 11.5 Å². The van der Waals surface area contributed by atoms with Crippen molar-refractivity contribution in [1.29, 1.82) is 0 Å². The number of benzene rings is 2. The second-order valence-electron chi connectivity index (χ2n) is 2.67. The molecule has 15 heavy (non-hydrogen) atoms. The summed E-state index contributed by atoms with van der Waals surface area (Å²) in [4.78, 5) is 0. The second-order valence-corrected chi connectivity index (χ2v) is 2.67. The van der Waals surface area contributed by atoms with Crippen molar-refractivity contribution in [2.75, 3.05) is 0 Å². The number of aromatic hydroxyl groups is 2. The van der Waals surface area contributed by atoms with E-state index in [1.165, 1.54) is 0 Å². The Morgan fingerprint density at radius 2 is 0.800 bits per heavy atom. The molecule has 2 N–H and O–H groups in total. The van der Waals surface area contributed by atoms with Crippen LogP contribution in [0.4, 0.5) is 0 Å². The molecule has 0 atom stereocenters. The van der Waals surface area contributed by atoms with Gasteiger partial charge in [0, 0.05) is 18.6 Å². The summed E-state index contributed by atoms with van der Waals surface area (Å²) in [6, 6.07) is 17.4. The minimum Gasteiger partial charge on any atom is -0.508 e. The molecule has 0 aliphatic rings. The van der Waals surface area contributed by atoms with Crippen molar-refractivity contribution in [1.82, 2.24) is 0 Å². The predicted molar refractivity (Wildman–Crippen MR) is 56.2 cm³/mol. The van der Waals surface area contributed by atoms with Crippen molar-refractivity contribution in [3.63, 3.8) is 0 Å². The van der Waals surface area contributed by atoms with Crippen molar-refractivity contribution >= 4 is 0 Å². The van der Waals surface area contributed by atoms with Gasteiger partial charge in [0.1, 0.15) is 11.5 Å². The maximum atomic E-state index is 8.63. The van der Waals surface area contributed by atoms with Crippen molar-refractivity contribution in [2.45, 2.75) is 0 Å². The van der Waals surface area contributed by atoms with E-state index < -0.39 is 0 Å². The third kappa shape index (κ3) is 6.66. The van der Waals surface area contributed by atoms with E-state index in [0.717, 1.165) is 0 Å². The monoisotopic (exact) mass is 239 g/mol. The maximum Gasteiger partial charge on any atom is 0.115 e. The Labute approximate surface area is 101 Å². The molecule has 0 heterocycles. The van der Waals surface area contributed by atoms with Gasteiger partial charge in [-0.15, -0.1) is 0 Å². The molecule has 0 aliphatic heterocycles. The quantitative estimate of drug-likeness (QED) is 0.742. The Kier molecular flexibility index (Phi) is 7.24. The van der Waals surface area contributed by atoms with E-state index in [4.69, 9.17) is 10.2 Å². The van der Waals surface area contributed by atoms with Crippen LogP contribution in [0, 0.1) is 0 Å². The Hall–Kier alpha value is -1.38. The van der Waals surface area contributed by atoms with Gasteiger partial charge in [0.25, 0.3) is 0 Å². The van der Waals surface area contributed by atoms with Crippen molar-refractivity contribution in [2.24, 2.45) is 0 Å². The normalized spacial score (nSPS) is 8.00. The van der Waals surface area contributed by atoms with Gasteiger partial charge in [0.2, 0.25) is 0 Å². The van der Waals surface area contributed by atoms with Crippen LogP contribution in [-0.2, 0) is 18.6 Å².